The van der Waals surface area contributed by atoms with E-state index in [1.54, 1.807) is 0 Å². The van der Waals surface area contributed by atoms with Gasteiger partial charge in [0.15, 0.2) is 0 Å². The summed E-state index contributed by atoms with van der Waals surface area (Å²) in [7, 11) is 0. The van der Waals surface area contributed by atoms with Gasteiger partial charge in [-0.2, -0.15) is 5.26 Å². The van der Waals surface area contributed by atoms with E-state index in [0.717, 1.165) is 0 Å². The molecule has 1 heterocycles. The summed E-state index contributed by atoms with van der Waals surface area (Å²) in [5.41, 5.74) is 0.654. The lowest BCUT2D eigenvalue weighted by Crippen LogP contribution is -2.02. The molecule has 0 aliphatic rings. The number of hydrogen-bond acceptors (Lipinski definition) is 2. The number of rotatable bonds is 3. The Balaban J connectivity index is 3.34. The topological polar surface area (TPSA) is 36.7 Å². The maximum absolute atomic E-state index is 12.7. The molecule has 0 atom stereocenters. The highest BCUT2D eigenvalue weighted by Gasteiger charge is 2.17. The van der Waals surface area contributed by atoms with Gasteiger partial charge in [0.2, 0.25) is 0 Å². The molecule has 0 fully saturated rings. The Morgan fingerprint density at radius 1 is 1.53 bits per heavy atom. The predicted molar refractivity (Wildman–Crippen MR) is 58.8 cm³/mol. The zero-order valence-electron chi connectivity index (χ0n) is 7.48. The Hall–Kier alpha value is -0.540. The number of pyridine rings is 1. The van der Waals surface area contributed by atoms with Crippen molar-refractivity contribution in [1.82, 2.24) is 4.98 Å². The first kappa shape index (κ1) is 12.5. The summed E-state index contributed by atoms with van der Waals surface area (Å²) in [6, 6.07) is 3.12. The van der Waals surface area contributed by atoms with Crippen LogP contribution in [0.3, 0.4) is 0 Å². The zero-order valence-corrected chi connectivity index (χ0v) is 10.6. The molecule has 0 amide bonds. The Bertz CT molecular complexity index is 402. The smallest absolute Gasteiger partial charge is 0.245 e. The van der Waals surface area contributed by atoms with E-state index in [0.29, 0.717) is 21.2 Å². The molecule has 15 heavy (non-hydrogen) atoms. The van der Waals surface area contributed by atoms with Crippen LogP contribution < -0.4 is 0 Å². The fourth-order valence-corrected chi connectivity index (χ4v) is 2.12. The lowest BCUT2D eigenvalue weighted by Gasteiger charge is -2.10. The summed E-state index contributed by atoms with van der Waals surface area (Å²) in [5.74, 6) is 0. The van der Waals surface area contributed by atoms with Crippen LogP contribution in [0, 0.1) is 11.3 Å². The largest absolute Gasteiger partial charge is 0.264 e. The first-order valence-electron chi connectivity index (χ1n) is 3.99. The molecule has 0 spiro atoms. The van der Waals surface area contributed by atoms with Crippen LogP contribution in [0.2, 0.25) is 0 Å². The van der Waals surface area contributed by atoms with Crippen LogP contribution in [0.4, 0.5) is 8.78 Å². The van der Waals surface area contributed by atoms with Gasteiger partial charge >= 0.3 is 0 Å². The molecule has 0 saturated carbocycles. The highest BCUT2D eigenvalue weighted by Crippen LogP contribution is 2.28. The molecule has 1 aromatic heterocycles. The van der Waals surface area contributed by atoms with Crippen molar-refractivity contribution in [2.24, 2.45) is 0 Å². The minimum absolute atomic E-state index is 0.0547. The molecule has 1 rings (SSSR count). The van der Waals surface area contributed by atoms with Gasteiger partial charge in [-0.3, -0.25) is 0 Å². The minimum Gasteiger partial charge on any atom is -0.245 e. The van der Waals surface area contributed by atoms with Gasteiger partial charge in [0, 0.05) is 10.9 Å². The van der Waals surface area contributed by atoms with Crippen LogP contribution in [0.25, 0.3) is 0 Å². The van der Waals surface area contributed by atoms with Gasteiger partial charge < -0.3 is 0 Å². The number of nitrogens with zero attached hydrogens (tertiary/aromatic N) is 2. The molecule has 0 radical (unpaired) electrons. The molecule has 6 heteroatoms. The molecular weight excluding hydrogens is 334 g/mol. The molecule has 0 aliphatic carbocycles. The van der Waals surface area contributed by atoms with Crippen LogP contribution >= 0.6 is 31.9 Å². The van der Waals surface area contributed by atoms with E-state index in [9.17, 15) is 8.78 Å². The number of halogens is 4. The first-order valence-corrected chi connectivity index (χ1v) is 5.90. The van der Waals surface area contributed by atoms with Crippen molar-refractivity contribution < 1.29 is 8.78 Å². The number of nitriles is 1. The molecule has 0 aromatic carbocycles. The third-order valence-electron chi connectivity index (χ3n) is 1.83. The maximum Gasteiger partial charge on any atom is 0.264 e. The summed E-state index contributed by atoms with van der Waals surface area (Å²) < 4.78 is 25.7. The Kier molecular flexibility index (Phi) is 4.61. The lowest BCUT2D eigenvalue weighted by atomic mass is 10.0. The van der Waals surface area contributed by atoms with Gasteiger partial charge in [-0.1, -0.05) is 15.9 Å². The van der Waals surface area contributed by atoms with E-state index in [-0.39, 0.29) is 12.0 Å². The minimum atomic E-state index is -2.59. The lowest BCUT2D eigenvalue weighted by molar-refractivity contribution is 0.150. The third kappa shape index (κ3) is 2.95. The maximum atomic E-state index is 12.7. The fourth-order valence-electron chi connectivity index (χ4n) is 1.20. The molecule has 0 unspecified atom stereocenters. The highest BCUT2D eigenvalue weighted by molar-refractivity contribution is 9.10. The molecule has 0 saturated heterocycles. The van der Waals surface area contributed by atoms with Gasteiger partial charge in [0.25, 0.3) is 6.43 Å². The van der Waals surface area contributed by atoms with Crippen LogP contribution in [0.1, 0.15) is 23.2 Å². The number of hydrogen-bond donors (Lipinski definition) is 0. The van der Waals surface area contributed by atoms with Crippen LogP contribution in [0.15, 0.2) is 10.7 Å². The van der Waals surface area contributed by atoms with E-state index in [1.165, 1.54) is 6.07 Å². The van der Waals surface area contributed by atoms with Crippen LogP contribution in [-0.2, 0) is 11.8 Å². The van der Waals surface area contributed by atoms with Crippen LogP contribution in [-0.4, -0.2) is 4.98 Å². The van der Waals surface area contributed by atoms with Crippen molar-refractivity contribution in [3.8, 4) is 6.07 Å². The van der Waals surface area contributed by atoms with Gasteiger partial charge in [0.05, 0.1) is 18.2 Å². The van der Waals surface area contributed by atoms with Crippen LogP contribution in [0.5, 0.6) is 0 Å². The van der Waals surface area contributed by atoms with Crippen molar-refractivity contribution in [3.05, 3.63) is 27.5 Å². The summed E-state index contributed by atoms with van der Waals surface area (Å²) in [6.07, 6.45) is -2.65. The molecule has 1 aromatic rings. The molecule has 2 nitrogen and oxygen atoms in total. The first-order chi connectivity index (χ1) is 7.10. The van der Waals surface area contributed by atoms with Crippen molar-refractivity contribution in [2.75, 3.05) is 0 Å². The number of aromatic nitrogens is 1. The SMILES string of the molecule is N#CCc1c(C(F)F)cc(Br)nc1CBr. The van der Waals surface area contributed by atoms with E-state index in [1.807, 2.05) is 6.07 Å². The quantitative estimate of drug-likeness (QED) is 0.621. The van der Waals surface area contributed by atoms with Gasteiger partial charge in [0.1, 0.15) is 4.60 Å². The van der Waals surface area contributed by atoms with Crippen molar-refractivity contribution in [1.29, 1.82) is 5.26 Å². The third-order valence-corrected chi connectivity index (χ3v) is 2.77. The van der Waals surface area contributed by atoms with E-state index in [2.05, 4.69) is 36.8 Å². The molecule has 80 valence electrons. The summed E-state index contributed by atoms with van der Waals surface area (Å²) >= 11 is 6.22. The van der Waals surface area contributed by atoms with Crippen molar-refractivity contribution >= 4 is 31.9 Å². The second kappa shape index (κ2) is 5.52. The molecule has 0 bridgehead atoms. The van der Waals surface area contributed by atoms with Gasteiger partial charge in [-0.15, -0.1) is 0 Å². The summed E-state index contributed by atoms with van der Waals surface area (Å²) in [6.45, 7) is 0. The average Bonchev–Trinajstić information content (AvgIpc) is 2.19. The Morgan fingerprint density at radius 2 is 2.20 bits per heavy atom. The highest BCUT2D eigenvalue weighted by atomic mass is 79.9. The van der Waals surface area contributed by atoms with Crippen molar-refractivity contribution in [3.63, 3.8) is 0 Å². The van der Waals surface area contributed by atoms with E-state index < -0.39 is 6.43 Å². The normalized spacial score (nSPS) is 10.4. The van der Waals surface area contributed by atoms with Gasteiger partial charge in [-0.05, 0) is 27.6 Å². The zero-order chi connectivity index (χ0) is 11.4. The summed E-state index contributed by atoms with van der Waals surface area (Å²) in [5, 5.41) is 8.92. The predicted octanol–water partition coefficient (Wildman–Crippen LogP) is 3.74. The Morgan fingerprint density at radius 3 is 2.67 bits per heavy atom. The Labute approximate surface area is 103 Å². The fraction of sp³-hybridized carbons (Fsp3) is 0.333. The number of alkyl halides is 3. The molecule has 0 aliphatic heterocycles. The molecular formula is C9H6Br2F2N2. The van der Waals surface area contributed by atoms with E-state index in [4.69, 9.17) is 5.26 Å². The summed E-state index contributed by atoms with van der Waals surface area (Å²) in [4.78, 5) is 4.04. The van der Waals surface area contributed by atoms with E-state index >= 15 is 0 Å². The second-order valence-corrected chi connectivity index (χ2v) is 4.10. The molecule has 0 N–H and O–H groups in total. The second-order valence-electron chi connectivity index (χ2n) is 2.73. The standard InChI is InChI=1S/C9H6Br2F2N2/c10-4-7-5(1-2-14)6(9(12)13)3-8(11)15-7/h3,9H,1,4H2. The van der Waals surface area contributed by atoms with Gasteiger partial charge in [-0.25, -0.2) is 13.8 Å². The van der Waals surface area contributed by atoms with Crippen molar-refractivity contribution in [2.45, 2.75) is 18.2 Å². The average molecular weight is 340 g/mol. The monoisotopic (exact) mass is 338 g/mol.